The zero-order valence-electron chi connectivity index (χ0n) is 22.2. The van der Waals surface area contributed by atoms with E-state index >= 15 is 0 Å². The standard InChI is InChI=1S/C33H22BrFN2O5/c1-18-24-12-8-21(34)14-28(24)41-31(18)33(38)40-23-11-13-25-29(15-23)42-32(37)26(16-36)30(25)19-6-9-22(10-7-19)39-17-20-4-2-3-5-27(20)35/h2-15,30H,17,37H2,1H3. The van der Waals surface area contributed by atoms with Gasteiger partial charge in [0.25, 0.3) is 0 Å². The Labute approximate surface area is 248 Å². The molecule has 2 heterocycles. The summed E-state index contributed by atoms with van der Waals surface area (Å²) in [5, 5.41) is 10.7. The summed E-state index contributed by atoms with van der Waals surface area (Å²) in [5.41, 5.74) is 9.52. The molecule has 0 bridgehead atoms. The molecule has 0 fully saturated rings. The van der Waals surface area contributed by atoms with E-state index in [1.807, 2.05) is 24.3 Å². The van der Waals surface area contributed by atoms with Crippen molar-refractivity contribution in [2.75, 3.05) is 0 Å². The van der Waals surface area contributed by atoms with E-state index in [-0.39, 0.29) is 35.4 Å². The van der Waals surface area contributed by atoms with Crippen LogP contribution < -0.4 is 19.9 Å². The van der Waals surface area contributed by atoms with Gasteiger partial charge in [0, 0.05) is 32.6 Å². The van der Waals surface area contributed by atoms with Crippen LogP contribution >= 0.6 is 15.9 Å². The molecule has 0 radical (unpaired) electrons. The number of fused-ring (bicyclic) bond motifs is 2. The molecule has 42 heavy (non-hydrogen) atoms. The summed E-state index contributed by atoms with van der Waals surface area (Å²) >= 11 is 3.41. The summed E-state index contributed by atoms with van der Waals surface area (Å²) < 4.78 is 37.7. The molecule has 7 nitrogen and oxygen atoms in total. The van der Waals surface area contributed by atoms with Gasteiger partial charge in [-0.2, -0.15) is 5.26 Å². The number of aryl methyl sites for hydroxylation is 1. The van der Waals surface area contributed by atoms with Crippen molar-refractivity contribution < 1.29 is 27.8 Å². The Morgan fingerprint density at radius 1 is 1.05 bits per heavy atom. The molecule has 0 spiro atoms. The van der Waals surface area contributed by atoms with Gasteiger partial charge >= 0.3 is 5.97 Å². The molecule has 9 heteroatoms. The molecule has 1 aliphatic heterocycles. The fraction of sp³-hybridized carbons (Fsp3) is 0.0909. The highest BCUT2D eigenvalue weighted by atomic mass is 79.9. The van der Waals surface area contributed by atoms with Crippen molar-refractivity contribution in [3.63, 3.8) is 0 Å². The first-order valence-corrected chi connectivity index (χ1v) is 13.7. The van der Waals surface area contributed by atoms with Crippen LogP contribution in [0.25, 0.3) is 11.0 Å². The van der Waals surface area contributed by atoms with Crippen molar-refractivity contribution in [1.29, 1.82) is 5.26 Å². The number of rotatable bonds is 6. The summed E-state index contributed by atoms with van der Waals surface area (Å²) in [6.07, 6.45) is 0. The van der Waals surface area contributed by atoms with E-state index in [1.54, 1.807) is 61.5 Å². The average Bonchev–Trinajstić information content (AvgIpc) is 3.31. The number of carbonyl (C=O) groups excluding carboxylic acids is 1. The Kier molecular flexibility index (Phi) is 7.15. The van der Waals surface area contributed by atoms with Gasteiger partial charge in [0.05, 0.1) is 5.92 Å². The smallest absolute Gasteiger partial charge is 0.379 e. The van der Waals surface area contributed by atoms with Gasteiger partial charge in [0.1, 0.15) is 46.9 Å². The van der Waals surface area contributed by atoms with E-state index in [0.29, 0.717) is 33.8 Å². The monoisotopic (exact) mass is 624 g/mol. The number of hydrogen-bond donors (Lipinski definition) is 1. The van der Waals surface area contributed by atoms with Crippen molar-refractivity contribution in [3.05, 3.63) is 135 Å². The minimum atomic E-state index is -0.653. The number of ether oxygens (including phenoxy) is 3. The number of hydrogen-bond acceptors (Lipinski definition) is 7. The first-order valence-electron chi connectivity index (χ1n) is 12.9. The average molecular weight is 625 g/mol. The summed E-state index contributed by atoms with van der Waals surface area (Å²) in [4.78, 5) is 13.0. The van der Waals surface area contributed by atoms with Gasteiger partial charge in [-0.1, -0.05) is 52.3 Å². The minimum Gasteiger partial charge on any atom is -0.489 e. The molecule has 0 amide bonds. The van der Waals surface area contributed by atoms with Crippen molar-refractivity contribution in [1.82, 2.24) is 0 Å². The second kappa shape index (κ2) is 11.1. The molecule has 1 atom stereocenters. The SMILES string of the molecule is Cc1c(C(=O)Oc2ccc3c(c2)OC(N)=C(C#N)C3c2ccc(OCc3ccccc3F)cc2)oc2cc(Br)ccc12. The van der Waals surface area contributed by atoms with Crippen LogP contribution in [0.2, 0.25) is 0 Å². The highest BCUT2D eigenvalue weighted by molar-refractivity contribution is 9.10. The Morgan fingerprint density at radius 3 is 2.57 bits per heavy atom. The van der Waals surface area contributed by atoms with E-state index in [9.17, 15) is 14.4 Å². The van der Waals surface area contributed by atoms with Crippen molar-refractivity contribution in [2.24, 2.45) is 5.73 Å². The third kappa shape index (κ3) is 5.08. The van der Waals surface area contributed by atoms with Crippen LogP contribution in [0.4, 0.5) is 4.39 Å². The summed E-state index contributed by atoms with van der Waals surface area (Å²) in [6, 6.07) is 26.2. The predicted octanol–water partition coefficient (Wildman–Crippen LogP) is 7.66. The van der Waals surface area contributed by atoms with Crippen molar-refractivity contribution in [2.45, 2.75) is 19.4 Å². The number of nitrogens with two attached hydrogens (primary N) is 1. The van der Waals surface area contributed by atoms with E-state index in [1.165, 1.54) is 6.07 Å². The molecule has 1 unspecified atom stereocenters. The number of furan rings is 1. The molecular formula is C33H22BrFN2O5. The van der Waals surface area contributed by atoms with Crippen LogP contribution in [0.3, 0.4) is 0 Å². The maximum Gasteiger partial charge on any atom is 0.379 e. The number of esters is 1. The first kappa shape index (κ1) is 27.1. The highest BCUT2D eigenvalue weighted by Crippen LogP contribution is 2.44. The van der Waals surface area contributed by atoms with Crippen molar-refractivity contribution >= 4 is 32.9 Å². The number of nitrogens with zero attached hydrogens (tertiary/aromatic N) is 1. The molecule has 5 aromatic rings. The molecule has 208 valence electrons. The lowest BCUT2D eigenvalue weighted by atomic mass is 9.83. The molecule has 2 N–H and O–H groups in total. The zero-order chi connectivity index (χ0) is 29.4. The first-order chi connectivity index (χ1) is 20.3. The van der Waals surface area contributed by atoms with Gasteiger partial charge in [-0.3, -0.25) is 0 Å². The number of carbonyl (C=O) groups is 1. The minimum absolute atomic E-state index is 0.0444. The van der Waals surface area contributed by atoms with Gasteiger partial charge in [-0.05, 0) is 55.0 Å². The van der Waals surface area contributed by atoms with Crippen LogP contribution in [-0.2, 0) is 6.61 Å². The Bertz CT molecular complexity index is 1920. The predicted molar refractivity (Wildman–Crippen MR) is 157 cm³/mol. The summed E-state index contributed by atoms with van der Waals surface area (Å²) in [5.74, 6) is -0.339. The van der Waals surface area contributed by atoms with Crippen molar-refractivity contribution in [3.8, 4) is 23.3 Å². The molecule has 6 rings (SSSR count). The lowest BCUT2D eigenvalue weighted by Crippen LogP contribution is -2.21. The maximum atomic E-state index is 13.9. The quantitative estimate of drug-likeness (QED) is 0.153. The molecule has 0 saturated carbocycles. The Morgan fingerprint density at radius 2 is 1.81 bits per heavy atom. The molecule has 4 aromatic carbocycles. The van der Waals surface area contributed by atoms with Gasteiger partial charge in [0.2, 0.25) is 11.6 Å². The largest absolute Gasteiger partial charge is 0.489 e. The number of allylic oxidation sites excluding steroid dienone is 1. The third-order valence-corrected chi connectivity index (χ3v) is 7.55. The van der Waals surface area contributed by atoms with Crippen LogP contribution in [0.1, 0.15) is 38.7 Å². The highest BCUT2D eigenvalue weighted by Gasteiger charge is 2.31. The lowest BCUT2D eigenvalue weighted by Gasteiger charge is -2.26. The van der Waals surface area contributed by atoms with E-state index in [4.69, 9.17) is 24.4 Å². The van der Waals surface area contributed by atoms with Gasteiger partial charge in [-0.15, -0.1) is 0 Å². The third-order valence-electron chi connectivity index (χ3n) is 7.05. The second-order valence-electron chi connectivity index (χ2n) is 9.66. The fourth-order valence-corrected chi connectivity index (χ4v) is 5.26. The van der Waals surface area contributed by atoms with Gasteiger partial charge < -0.3 is 24.4 Å². The van der Waals surface area contributed by atoms with Crippen LogP contribution in [0.15, 0.2) is 105 Å². The molecule has 1 aromatic heterocycles. The normalized spacial score (nSPS) is 14.2. The fourth-order valence-electron chi connectivity index (χ4n) is 4.92. The van der Waals surface area contributed by atoms with Gasteiger partial charge in [-0.25, -0.2) is 9.18 Å². The van der Waals surface area contributed by atoms with E-state index in [2.05, 4.69) is 22.0 Å². The maximum absolute atomic E-state index is 13.9. The van der Waals surface area contributed by atoms with Crippen LogP contribution in [-0.4, -0.2) is 5.97 Å². The molecular weight excluding hydrogens is 603 g/mol. The molecule has 1 aliphatic rings. The topological polar surface area (TPSA) is 108 Å². The van der Waals surface area contributed by atoms with Crippen LogP contribution in [0.5, 0.6) is 17.2 Å². The van der Waals surface area contributed by atoms with Gasteiger partial charge in [0.15, 0.2) is 0 Å². The number of nitriles is 1. The Hall–Kier alpha value is -5.07. The van der Waals surface area contributed by atoms with E-state index in [0.717, 1.165) is 15.4 Å². The molecule has 0 aliphatic carbocycles. The number of benzene rings is 4. The van der Waals surface area contributed by atoms with E-state index < -0.39 is 11.9 Å². The van der Waals surface area contributed by atoms with Crippen LogP contribution in [0, 0.1) is 24.1 Å². The zero-order valence-corrected chi connectivity index (χ0v) is 23.8. The number of halogens is 2. The second-order valence-corrected chi connectivity index (χ2v) is 10.6. The summed E-state index contributed by atoms with van der Waals surface area (Å²) in [7, 11) is 0. The summed E-state index contributed by atoms with van der Waals surface area (Å²) in [6.45, 7) is 1.87. The molecule has 0 saturated heterocycles. The lowest BCUT2D eigenvalue weighted by molar-refractivity contribution is 0.0702. The Balaban J connectivity index is 1.25.